The van der Waals surface area contributed by atoms with Crippen LogP contribution >= 0.6 is 0 Å². The van der Waals surface area contributed by atoms with Crippen LogP contribution in [0.5, 0.6) is 0 Å². The van der Waals surface area contributed by atoms with Crippen LogP contribution in [0.4, 0.5) is 0 Å². The van der Waals surface area contributed by atoms with E-state index in [4.69, 9.17) is 0 Å². The van der Waals surface area contributed by atoms with Gasteiger partial charge in [0.25, 0.3) is 5.91 Å². The van der Waals surface area contributed by atoms with Gasteiger partial charge in [-0.05, 0) is 70.3 Å². The van der Waals surface area contributed by atoms with E-state index in [1.807, 2.05) is 43.0 Å². The highest BCUT2D eigenvalue weighted by molar-refractivity contribution is 5.94. The van der Waals surface area contributed by atoms with Crippen molar-refractivity contribution in [3.63, 3.8) is 0 Å². The second-order valence-corrected chi connectivity index (χ2v) is 7.82. The number of nitrogens with zero attached hydrogens (tertiary/aromatic N) is 2. The quantitative estimate of drug-likeness (QED) is 0.926. The van der Waals surface area contributed by atoms with Gasteiger partial charge in [-0.2, -0.15) is 0 Å². The molecule has 126 valence electrons. The molecule has 2 aliphatic heterocycles. The third-order valence-electron chi connectivity index (χ3n) is 5.34. The number of aryl methyl sites for hydroxylation is 1. The Bertz CT molecular complexity index is 562. The number of rotatable bonds is 4. The van der Waals surface area contributed by atoms with Crippen LogP contribution in [0.25, 0.3) is 0 Å². The number of likely N-dealkylation sites (tertiary alicyclic amines) is 2. The Labute approximate surface area is 139 Å². The number of carbonyl (C=O) groups is 1. The van der Waals surface area contributed by atoms with Crippen LogP contribution in [0.1, 0.15) is 42.6 Å². The molecular weight excluding hydrogens is 288 g/mol. The van der Waals surface area contributed by atoms with E-state index < -0.39 is 5.60 Å². The van der Waals surface area contributed by atoms with E-state index in [2.05, 4.69) is 11.9 Å². The molecule has 2 aliphatic rings. The smallest absolute Gasteiger partial charge is 0.253 e. The standard InChI is InChI=1S/C19H28N2O2/c1-19(2,23)10-8-14-4-6-15(7-5-14)18(22)21-12-16-9-11-20(3)17(16)13-21/h4-7,16-17,23H,8-13H2,1-3H3/t16-,17+/m1/s1. The fourth-order valence-electron chi connectivity index (χ4n) is 3.79. The summed E-state index contributed by atoms with van der Waals surface area (Å²) in [6.45, 7) is 6.57. The Hall–Kier alpha value is -1.39. The van der Waals surface area contributed by atoms with Crippen molar-refractivity contribution >= 4 is 5.91 Å². The van der Waals surface area contributed by atoms with Crippen molar-refractivity contribution in [2.24, 2.45) is 5.92 Å². The predicted octanol–water partition coefficient (Wildman–Crippen LogP) is 2.17. The van der Waals surface area contributed by atoms with Gasteiger partial charge in [-0.1, -0.05) is 12.1 Å². The molecule has 4 nitrogen and oxygen atoms in total. The van der Waals surface area contributed by atoms with Crippen molar-refractivity contribution < 1.29 is 9.90 Å². The molecule has 0 radical (unpaired) electrons. The molecule has 0 aromatic heterocycles. The number of hydrogen-bond donors (Lipinski definition) is 1. The molecule has 1 amide bonds. The van der Waals surface area contributed by atoms with Crippen LogP contribution in [0.2, 0.25) is 0 Å². The van der Waals surface area contributed by atoms with Gasteiger partial charge >= 0.3 is 0 Å². The van der Waals surface area contributed by atoms with Gasteiger partial charge in [0.2, 0.25) is 0 Å². The van der Waals surface area contributed by atoms with Crippen molar-refractivity contribution in [3.05, 3.63) is 35.4 Å². The maximum atomic E-state index is 12.7. The molecule has 1 N–H and O–H groups in total. The highest BCUT2D eigenvalue weighted by atomic mass is 16.3. The highest BCUT2D eigenvalue weighted by Gasteiger charge is 2.41. The van der Waals surface area contributed by atoms with Crippen molar-refractivity contribution in [2.75, 3.05) is 26.7 Å². The first-order valence-electron chi connectivity index (χ1n) is 8.64. The number of fused-ring (bicyclic) bond motifs is 1. The summed E-state index contributed by atoms with van der Waals surface area (Å²) in [6, 6.07) is 8.44. The topological polar surface area (TPSA) is 43.8 Å². The first-order chi connectivity index (χ1) is 10.8. The van der Waals surface area contributed by atoms with Crippen LogP contribution in [0.3, 0.4) is 0 Å². The number of hydrogen-bond acceptors (Lipinski definition) is 3. The molecule has 0 bridgehead atoms. The molecule has 2 fully saturated rings. The second kappa shape index (κ2) is 6.25. The maximum absolute atomic E-state index is 12.7. The van der Waals surface area contributed by atoms with Crippen LogP contribution in [0.15, 0.2) is 24.3 Å². The first-order valence-corrected chi connectivity index (χ1v) is 8.64. The van der Waals surface area contributed by atoms with Crippen LogP contribution in [-0.2, 0) is 6.42 Å². The van der Waals surface area contributed by atoms with Gasteiger partial charge in [0.05, 0.1) is 5.60 Å². The summed E-state index contributed by atoms with van der Waals surface area (Å²) in [6.07, 6.45) is 2.76. The fraction of sp³-hybridized carbons (Fsp3) is 0.632. The van der Waals surface area contributed by atoms with E-state index >= 15 is 0 Å². The average Bonchev–Trinajstić information content (AvgIpc) is 3.07. The third kappa shape index (κ3) is 3.75. The summed E-state index contributed by atoms with van der Waals surface area (Å²) in [5.41, 5.74) is 1.30. The summed E-state index contributed by atoms with van der Waals surface area (Å²) in [5.74, 6) is 0.803. The van der Waals surface area contributed by atoms with Crippen molar-refractivity contribution in [1.82, 2.24) is 9.80 Å². The van der Waals surface area contributed by atoms with Crippen LogP contribution in [-0.4, -0.2) is 59.1 Å². The van der Waals surface area contributed by atoms with E-state index in [0.717, 1.165) is 38.0 Å². The van der Waals surface area contributed by atoms with Crippen molar-refractivity contribution in [2.45, 2.75) is 44.8 Å². The predicted molar refractivity (Wildman–Crippen MR) is 91.5 cm³/mol. The van der Waals surface area contributed by atoms with Crippen LogP contribution < -0.4 is 0 Å². The number of benzene rings is 1. The monoisotopic (exact) mass is 316 g/mol. The molecule has 0 saturated carbocycles. The Morgan fingerprint density at radius 2 is 1.96 bits per heavy atom. The molecule has 3 rings (SSSR count). The Morgan fingerprint density at radius 3 is 2.57 bits per heavy atom. The van der Waals surface area contributed by atoms with Gasteiger partial charge in [-0.25, -0.2) is 0 Å². The summed E-state index contributed by atoms with van der Waals surface area (Å²) in [4.78, 5) is 17.1. The summed E-state index contributed by atoms with van der Waals surface area (Å²) < 4.78 is 0. The molecule has 1 aromatic rings. The van der Waals surface area contributed by atoms with Crippen molar-refractivity contribution in [1.29, 1.82) is 0 Å². The lowest BCUT2D eigenvalue weighted by atomic mass is 9.98. The molecule has 0 aliphatic carbocycles. The number of amides is 1. The van der Waals surface area contributed by atoms with Gasteiger partial charge in [0, 0.05) is 24.7 Å². The average molecular weight is 316 g/mol. The van der Waals surface area contributed by atoms with E-state index in [1.54, 1.807) is 0 Å². The van der Waals surface area contributed by atoms with Gasteiger partial charge in [-0.15, -0.1) is 0 Å². The molecule has 2 saturated heterocycles. The third-order valence-corrected chi connectivity index (χ3v) is 5.34. The Balaban J connectivity index is 1.60. The normalized spacial score (nSPS) is 25.0. The summed E-state index contributed by atoms with van der Waals surface area (Å²) >= 11 is 0. The minimum absolute atomic E-state index is 0.154. The number of carbonyl (C=O) groups excluding carboxylic acids is 1. The molecule has 0 spiro atoms. The fourth-order valence-corrected chi connectivity index (χ4v) is 3.79. The largest absolute Gasteiger partial charge is 0.390 e. The minimum Gasteiger partial charge on any atom is -0.390 e. The molecule has 2 heterocycles. The zero-order valence-electron chi connectivity index (χ0n) is 14.5. The van der Waals surface area contributed by atoms with Crippen LogP contribution in [0, 0.1) is 5.92 Å². The number of likely N-dealkylation sites (N-methyl/N-ethyl adjacent to an activating group) is 1. The Kier molecular flexibility index (Phi) is 4.47. The Morgan fingerprint density at radius 1 is 1.26 bits per heavy atom. The van der Waals surface area contributed by atoms with Gasteiger partial charge in [0.1, 0.15) is 0 Å². The lowest BCUT2D eigenvalue weighted by molar-refractivity contribution is 0.0712. The molecule has 2 atom stereocenters. The van der Waals surface area contributed by atoms with Gasteiger partial charge in [-0.3, -0.25) is 4.79 Å². The van der Waals surface area contributed by atoms with Gasteiger partial charge in [0.15, 0.2) is 0 Å². The zero-order valence-corrected chi connectivity index (χ0v) is 14.5. The SMILES string of the molecule is CN1CC[C@@H]2CN(C(=O)c3ccc(CCC(C)(C)O)cc3)C[C@@H]21. The maximum Gasteiger partial charge on any atom is 0.253 e. The molecule has 1 aromatic carbocycles. The zero-order chi connectivity index (χ0) is 16.6. The minimum atomic E-state index is -0.645. The lowest BCUT2D eigenvalue weighted by Crippen LogP contribution is -2.35. The number of aliphatic hydroxyl groups is 1. The molecule has 4 heteroatoms. The van der Waals surface area contributed by atoms with E-state index in [0.29, 0.717) is 12.0 Å². The van der Waals surface area contributed by atoms with E-state index in [-0.39, 0.29) is 5.91 Å². The van der Waals surface area contributed by atoms with Gasteiger partial charge < -0.3 is 14.9 Å². The highest BCUT2D eigenvalue weighted by Crippen LogP contribution is 2.31. The van der Waals surface area contributed by atoms with E-state index in [1.165, 1.54) is 12.0 Å². The molecule has 23 heavy (non-hydrogen) atoms. The summed E-state index contributed by atoms with van der Waals surface area (Å²) in [5, 5.41) is 9.80. The second-order valence-electron chi connectivity index (χ2n) is 7.82. The summed E-state index contributed by atoms with van der Waals surface area (Å²) in [7, 11) is 2.16. The first kappa shape index (κ1) is 16.5. The molecular formula is C19H28N2O2. The van der Waals surface area contributed by atoms with E-state index in [9.17, 15) is 9.90 Å². The van der Waals surface area contributed by atoms with Crippen molar-refractivity contribution in [3.8, 4) is 0 Å². The molecule has 0 unspecified atom stereocenters. The lowest BCUT2D eigenvalue weighted by Gasteiger charge is -2.21.